The van der Waals surface area contributed by atoms with Gasteiger partial charge in [-0.1, -0.05) is 31.2 Å². The van der Waals surface area contributed by atoms with Gasteiger partial charge in [0, 0.05) is 30.9 Å². The topological polar surface area (TPSA) is 59.5 Å². The lowest BCUT2D eigenvalue weighted by molar-refractivity contribution is -0.138. The molecule has 1 aromatic carbocycles. The highest BCUT2D eigenvalue weighted by molar-refractivity contribution is 7.88. The average Bonchev–Trinajstić information content (AvgIpc) is 3.37. The number of allylic oxidation sites excluding steroid dienone is 1. The number of rotatable bonds is 3. The highest BCUT2D eigenvalue weighted by atomic mass is 32.2. The Labute approximate surface area is 214 Å². The van der Waals surface area contributed by atoms with Crippen LogP contribution in [-0.2, 0) is 14.8 Å². The molecule has 2 spiro atoms. The minimum Gasteiger partial charge on any atom is -0.359 e. The summed E-state index contributed by atoms with van der Waals surface area (Å²) >= 11 is 0. The van der Waals surface area contributed by atoms with Gasteiger partial charge in [0.2, 0.25) is 10.0 Å². The van der Waals surface area contributed by atoms with Crippen LogP contribution in [0.4, 0.5) is 0 Å². The Hall–Kier alpha value is -2.02. The van der Waals surface area contributed by atoms with Gasteiger partial charge in [-0.25, -0.2) is 12.7 Å². The van der Waals surface area contributed by atoms with Crippen molar-refractivity contribution in [1.29, 1.82) is 0 Å². The van der Waals surface area contributed by atoms with Gasteiger partial charge in [-0.3, -0.25) is 4.98 Å². The Balaban J connectivity index is 1.25. The summed E-state index contributed by atoms with van der Waals surface area (Å²) in [6, 6.07) is 9.04. The van der Waals surface area contributed by atoms with Crippen molar-refractivity contribution in [3.63, 3.8) is 0 Å². The van der Waals surface area contributed by atoms with Crippen LogP contribution in [0.25, 0.3) is 10.8 Å². The van der Waals surface area contributed by atoms with Gasteiger partial charge in [0.25, 0.3) is 0 Å². The lowest BCUT2D eigenvalue weighted by Crippen LogP contribution is -2.55. The van der Waals surface area contributed by atoms with E-state index in [4.69, 9.17) is 4.74 Å². The SMILES string of the molecule is CN(C1CCC2=CC3=CCC4(C)C(c5ccc6ccncc6c5)CCC4[C@@]34CC[C@]2(C1)O4)S(C)(=O)=O. The van der Waals surface area contributed by atoms with Crippen molar-refractivity contribution in [3.05, 3.63) is 65.5 Å². The Morgan fingerprint density at radius 3 is 2.81 bits per heavy atom. The van der Waals surface area contributed by atoms with Gasteiger partial charge >= 0.3 is 0 Å². The lowest BCUT2D eigenvalue weighted by Gasteiger charge is -2.54. The molecule has 0 N–H and O–H groups in total. The summed E-state index contributed by atoms with van der Waals surface area (Å²) in [5.41, 5.74) is 3.86. The molecule has 1 aromatic heterocycles. The third-order valence-electron chi connectivity index (χ3n) is 10.8. The van der Waals surface area contributed by atoms with Crippen LogP contribution >= 0.6 is 0 Å². The van der Waals surface area contributed by atoms with Crippen molar-refractivity contribution in [3.8, 4) is 0 Å². The maximum Gasteiger partial charge on any atom is 0.211 e. The van der Waals surface area contributed by atoms with Crippen LogP contribution in [0.1, 0.15) is 69.8 Å². The van der Waals surface area contributed by atoms with Crippen LogP contribution in [0.5, 0.6) is 0 Å². The van der Waals surface area contributed by atoms with E-state index in [1.54, 1.807) is 11.4 Å². The Kier molecular flexibility index (Phi) is 4.83. The molecule has 6 atom stereocenters. The molecule has 0 radical (unpaired) electrons. The molecule has 190 valence electrons. The van der Waals surface area contributed by atoms with Gasteiger partial charge in [0.15, 0.2) is 0 Å². The molecule has 5 aliphatic rings. The van der Waals surface area contributed by atoms with E-state index in [1.807, 2.05) is 12.4 Å². The number of benzene rings is 1. The molecule has 3 fully saturated rings. The van der Waals surface area contributed by atoms with Crippen LogP contribution in [0, 0.1) is 11.3 Å². The normalized spacial score (nSPS) is 39.4. The summed E-state index contributed by atoms with van der Waals surface area (Å²) in [7, 11) is -1.48. The molecular weight excluding hydrogens is 468 g/mol. The first-order chi connectivity index (χ1) is 17.1. The van der Waals surface area contributed by atoms with Crippen molar-refractivity contribution in [2.75, 3.05) is 13.3 Å². The number of fused-ring (bicyclic) bond motifs is 2. The van der Waals surface area contributed by atoms with Crippen LogP contribution in [0.2, 0.25) is 0 Å². The zero-order valence-electron chi connectivity index (χ0n) is 21.5. The molecule has 36 heavy (non-hydrogen) atoms. The summed E-state index contributed by atoms with van der Waals surface area (Å²) in [5, 5.41) is 2.46. The third-order valence-corrected chi connectivity index (χ3v) is 12.1. The summed E-state index contributed by atoms with van der Waals surface area (Å²) in [5.74, 6) is 0.977. The van der Waals surface area contributed by atoms with Crippen LogP contribution < -0.4 is 0 Å². The number of nitrogens with zero attached hydrogens (tertiary/aromatic N) is 2. The Morgan fingerprint density at radius 2 is 1.97 bits per heavy atom. The Morgan fingerprint density at radius 1 is 1.11 bits per heavy atom. The van der Waals surface area contributed by atoms with E-state index in [1.165, 1.54) is 46.6 Å². The number of hydrogen-bond acceptors (Lipinski definition) is 4. The van der Waals surface area contributed by atoms with Crippen molar-refractivity contribution >= 4 is 20.8 Å². The maximum atomic E-state index is 12.3. The minimum atomic E-state index is -3.22. The van der Waals surface area contributed by atoms with Crippen LogP contribution in [0.3, 0.4) is 0 Å². The van der Waals surface area contributed by atoms with E-state index in [-0.39, 0.29) is 22.7 Å². The fourth-order valence-electron chi connectivity index (χ4n) is 8.83. The predicted molar refractivity (Wildman–Crippen MR) is 142 cm³/mol. The molecule has 1 saturated heterocycles. The van der Waals surface area contributed by atoms with Gasteiger partial charge in [0.05, 0.1) is 17.5 Å². The van der Waals surface area contributed by atoms with Gasteiger partial charge in [-0.2, -0.15) is 0 Å². The smallest absolute Gasteiger partial charge is 0.211 e. The molecule has 2 aromatic rings. The summed E-state index contributed by atoms with van der Waals surface area (Å²) < 4.78 is 33.6. The predicted octanol–water partition coefficient (Wildman–Crippen LogP) is 5.74. The quantitative estimate of drug-likeness (QED) is 0.535. The fraction of sp³-hybridized carbons (Fsp3) is 0.567. The van der Waals surface area contributed by atoms with Gasteiger partial charge in [0.1, 0.15) is 0 Å². The third kappa shape index (κ3) is 3.07. The van der Waals surface area contributed by atoms with E-state index < -0.39 is 10.0 Å². The molecule has 6 heteroatoms. The first kappa shape index (κ1) is 23.1. The number of sulfonamides is 1. The summed E-state index contributed by atoms with van der Waals surface area (Å²) in [4.78, 5) is 4.36. The average molecular weight is 505 g/mol. The van der Waals surface area contributed by atoms with Crippen molar-refractivity contribution in [2.24, 2.45) is 11.3 Å². The van der Waals surface area contributed by atoms with E-state index in [0.29, 0.717) is 11.8 Å². The second-order valence-corrected chi connectivity index (χ2v) is 14.4. The van der Waals surface area contributed by atoms with Gasteiger partial charge in [-0.15, -0.1) is 0 Å². The molecule has 3 heterocycles. The van der Waals surface area contributed by atoms with E-state index in [0.717, 1.165) is 38.5 Å². The van der Waals surface area contributed by atoms with Gasteiger partial charge in [-0.05, 0) is 103 Å². The fourth-order valence-corrected chi connectivity index (χ4v) is 9.55. The standard InChI is InChI=1S/C30H36N2O3S/c1-28-12-10-24-17-23-6-7-25(32(2)36(3,33)34)18-29(23)13-14-30(24,35-29)27(28)9-8-26(28)21-5-4-20-11-15-31-19-22(20)16-21/h4-5,10-11,15-17,19,25-27H,6-9,12-14,18H2,1-3H3/t25?,26?,27?,28?,29-,30-/m1/s1. The number of aromatic nitrogens is 1. The summed E-state index contributed by atoms with van der Waals surface area (Å²) in [6.07, 6.45) is 18.2. The van der Waals surface area contributed by atoms with Crippen LogP contribution in [-0.4, -0.2) is 48.3 Å². The zero-order valence-corrected chi connectivity index (χ0v) is 22.4. The monoisotopic (exact) mass is 504 g/mol. The maximum absolute atomic E-state index is 12.3. The molecular formula is C30H36N2O3S. The number of ether oxygens (including phenoxy) is 1. The highest BCUT2D eigenvalue weighted by Crippen LogP contribution is 2.69. The molecule has 7 rings (SSSR count). The van der Waals surface area contributed by atoms with E-state index in [9.17, 15) is 8.42 Å². The Bertz CT molecular complexity index is 1430. The molecule has 4 unspecified atom stereocenters. The first-order valence-electron chi connectivity index (χ1n) is 13.5. The molecule has 5 nitrogen and oxygen atoms in total. The molecule has 0 amide bonds. The molecule has 2 bridgehead atoms. The first-order valence-corrected chi connectivity index (χ1v) is 15.4. The number of hydrogen-bond donors (Lipinski definition) is 0. The second kappa shape index (κ2) is 7.52. The van der Waals surface area contributed by atoms with Crippen molar-refractivity contribution in [2.45, 2.75) is 81.5 Å². The molecule has 2 saturated carbocycles. The molecule has 3 aliphatic carbocycles. The zero-order chi connectivity index (χ0) is 24.9. The van der Waals surface area contributed by atoms with E-state index >= 15 is 0 Å². The second-order valence-electron chi connectivity index (χ2n) is 12.4. The minimum absolute atomic E-state index is 0.00957. The highest BCUT2D eigenvalue weighted by Gasteiger charge is 2.66. The van der Waals surface area contributed by atoms with Crippen molar-refractivity contribution in [1.82, 2.24) is 9.29 Å². The number of pyridine rings is 1. The van der Waals surface area contributed by atoms with Crippen molar-refractivity contribution < 1.29 is 13.2 Å². The molecule has 2 aliphatic heterocycles. The van der Waals surface area contributed by atoms with Gasteiger partial charge < -0.3 is 4.74 Å². The largest absolute Gasteiger partial charge is 0.359 e. The summed E-state index contributed by atoms with van der Waals surface area (Å²) in [6.45, 7) is 2.50. The van der Waals surface area contributed by atoms with Crippen LogP contribution in [0.15, 0.2) is 60.0 Å². The van der Waals surface area contributed by atoms with E-state index in [2.05, 4.69) is 48.3 Å². The lowest BCUT2D eigenvalue weighted by atomic mass is 9.58.